The molecule has 3 rings (SSSR count). The first-order chi connectivity index (χ1) is 10.2. The van der Waals surface area contributed by atoms with Gasteiger partial charge in [-0.15, -0.1) is 0 Å². The smallest absolute Gasteiger partial charge is 0.142 e. The van der Waals surface area contributed by atoms with Crippen LogP contribution >= 0.6 is 0 Å². The van der Waals surface area contributed by atoms with E-state index in [-0.39, 0.29) is 0 Å². The maximum Gasteiger partial charge on any atom is 0.142 e. The fraction of sp³-hybridized carbons (Fsp3) is 0.647. The summed E-state index contributed by atoms with van der Waals surface area (Å²) in [5.74, 6) is 1.66. The van der Waals surface area contributed by atoms with Crippen molar-refractivity contribution in [2.75, 3.05) is 45.6 Å². The molecular weight excluding hydrogens is 262 g/mol. The number of nitrogens with zero attached hydrogens (tertiary/aromatic N) is 2. The molecule has 2 atom stereocenters. The van der Waals surface area contributed by atoms with Crippen LogP contribution < -0.4 is 10.5 Å². The van der Waals surface area contributed by atoms with Crippen LogP contribution in [0.15, 0.2) is 24.3 Å². The van der Waals surface area contributed by atoms with Gasteiger partial charge in [-0.25, -0.2) is 0 Å². The Morgan fingerprint density at radius 2 is 2.10 bits per heavy atom. The number of para-hydroxylation sites is 2. The Hall–Kier alpha value is -1.26. The third-order valence-corrected chi connectivity index (χ3v) is 5.01. The Balaban J connectivity index is 1.45. The van der Waals surface area contributed by atoms with E-state index >= 15 is 0 Å². The minimum atomic E-state index is 0.724. The van der Waals surface area contributed by atoms with Crippen LogP contribution in [0.25, 0.3) is 0 Å². The summed E-state index contributed by atoms with van der Waals surface area (Å²) in [5, 5.41) is 0. The number of piperidine rings is 2. The molecule has 4 heteroatoms. The van der Waals surface area contributed by atoms with Gasteiger partial charge in [-0.2, -0.15) is 0 Å². The molecule has 1 aromatic rings. The van der Waals surface area contributed by atoms with Gasteiger partial charge < -0.3 is 15.4 Å². The summed E-state index contributed by atoms with van der Waals surface area (Å²) in [6.07, 6.45) is 4.04. The second kappa shape index (κ2) is 6.67. The van der Waals surface area contributed by atoms with Crippen molar-refractivity contribution in [3.8, 4) is 5.75 Å². The number of rotatable bonds is 4. The third kappa shape index (κ3) is 3.50. The lowest BCUT2D eigenvalue weighted by Crippen LogP contribution is -2.53. The highest BCUT2D eigenvalue weighted by atomic mass is 16.5. The van der Waals surface area contributed by atoms with Crippen molar-refractivity contribution < 1.29 is 4.74 Å². The van der Waals surface area contributed by atoms with E-state index in [2.05, 4.69) is 16.8 Å². The third-order valence-electron chi connectivity index (χ3n) is 5.01. The number of anilines is 1. The molecule has 2 N–H and O–H groups in total. The van der Waals surface area contributed by atoms with Gasteiger partial charge in [0.25, 0.3) is 0 Å². The molecule has 0 saturated carbocycles. The van der Waals surface area contributed by atoms with Crippen LogP contribution in [0.1, 0.15) is 19.3 Å². The van der Waals surface area contributed by atoms with Crippen molar-refractivity contribution in [3.63, 3.8) is 0 Å². The molecule has 2 saturated heterocycles. The fourth-order valence-corrected chi connectivity index (χ4v) is 3.83. The molecule has 2 heterocycles. The lowest BCUT2D eigenvalue weighted by Gasteiger charge is -2.46. The summed E-state index contributed by atoms with van der Waals surface area (Å²) < 4.78 is 5.82. The highest BCUT2D eigenvalue weighted by molar-refractivity contribution is 5.51. The fourth-order valence-electron chi connectivity index (χ4n) is 3.83. The van der Waals surface area contributed by atoms with E-state index < -0.39 is 0 Å². The Morgan fingerprint density at radius 3 is 2.95 bits per heavy atom. The number of likely N-dealkylation sites (tertiary alicyclic amines) is 2. The highest BCUT2D eigenvalue weighted by Crippen LogP contribution is 2.29. The van der Waals surface area contributed by atoms with Gasteiger partial charge in [0.1, 0.15) is 12.4 Å². The minimum Gasteiger partial charge on any atom is -0.490 e. The predicted molar refractivity (Wildman–Crippen MR) is 86.5 cm³/mol. The van der Waals surface area contributed by atoms with Gasteiger partial charge in [-0.3, -0.25) is 4.90 Å². The standard InChI is InChI=1S/C17H27N3O/c1-19-9-4-5-14-13-20(10-8-16(14)19)11-12-21-17-7-3-2-6-15(17)18/h2-3,6-7,14,16H,4-5,8-13,18H2,1H3. The molecule has 0 spiro atoms. The zero-order valence-corrected chi connectivity index (χ0v) is 13.0. The molecule has 2 unspecified atom stereocenters. The molecule has 2 fully saturated rings. The van der Waals surface area contributed by atoms with Crippen LogP contribution in [-0.2, 0) is 0 Å². The van der Waals surface area contributed by atoms with Gasteiger partial charge in [-0.05, 0) is 57.5 Å². The molecule has 0 bridgehead atoms. The number of hydrogen-bond acceptors (Lipinski definition) is 4. The number of nitrogens with two attached hydrogens (primary N) is 1. The van der Waals surface area contributed by atoms with Crippen LogP contribution in [-0.4, -0.2) is 55.7 Å². The maximum absolute atomic E-state index is 5.90. The van der Waals surface area contributed by atoms with Crippen LogP contribution in [0.4, 0.5) is 5.69 Å². The number of fused-ring (bicyclic) bond motifs is 1. The van der Waals surface area contributed by atoms with E-state index in [0.717, 1.165) is 36.5 Å². The first kappa shape index (κ1) is 14.7. The molecule has 0 radical (unpaired) electrons. The summed E-state index contributed by atoms with van der Waals surface area (Å²) >= 11 is 0. The zero-order valence-electron chi connectivity index (χ0n) is 13.0. The first-order valence-corrected chi connectivity index (χ1v) is 8.14. The van der Waals surface area contributed by atoms with Gasteiger partial charge >= 0.3 is 0 Å². The Labute approximate surface area is 127 Å². The molecule has 2 aliphatic rings. The van der Waals surface area contributed by atoms with Crippen molar-refractivity contribution in [3.05, 3.63) is 24.3 Å². The van der Waals surface area contributed by atoms with Gasteiger partial charge in [0.05, 0.1) is 5.69 Å². The minimum absolute atomic E-state index is 0.724. The lowest BCUT2D eigenvalue weighted by atomic mass is 9.84. The molecule has 0 aliphatic carbocycles. The van der Waals surface area contributed by atoms with E-state index in [4.69, 9.17) is 10.5 Å². The van der Waals surface area contributed by atoms with Crippen molar-refractivity contribution >= 4 is 5.69 Å². The summed E-state index contributed by atoms with van der Waals surface area (Å²) in [6, 6.07) is 8.54. The van der Waals surface area contributed by atoms with Crippen molar-refractivity contribution in [2.45, 2.75) is 25.3 Å². The summed E-state index contributed by atoms with van der Waals surface area (Å²) in [5.41, 5.74) is 6.63. The Morgan fingerprint density at radius 1 is 1.24 bits per heavy atom. The van der Waals surface area contributed by atoms with Gasteiger partial charge in [-0.1, -0.05) is 12.1 Å². The largest absolute Gasteiger partial charge is 0.490 e. The first-order valence-electron chi connectivity index (χ1n) is 8.14. The molecule has 0 amide bonds. The van der Waals surface area contributed by atoms with Crippen LogP contribution in [0.2, 0.25) is 0 Å². The average Bonchev–Trinajstić information content (AvgIpc) is 2.49. The summed E-state index contributed by atoms with van der Waals surface area (Å²) in [7, 11) is 2.29. The van der Waals surface area contributed by atoms with E-state index in [0.29, 0.717) is 0 Å². The van der Waals surface area contributed by atoms with Crippen LogP contribution in [0, 0.1) is 5.92 Å². The van der Waals surface area contributed by atoms with Gasteiger partial charge in [0, 0.05) is 19.1 Å². The topological polar surface area (TPSA) is 41.7 Å². The van der Waals surface area contributed by atoms with E-state index in [1.807, 2.05) is 24.3 Å². The lowest BCUT2D eigenvalue weighted by molar-refractivity contribution is 0.0338. The highest BCUT2D eigenvalue weighted by Gasteiger charge is 2.33. The maximum atomic E-state index is 5.90. The van der Waals surface area contributed by atoms with Crippen molar-refractivity contribution in [1.29, 1.82) is 0 Å². The second-order valence-electron chi connectivity index (χ2n) is 6.43. The molecular formula is C17H27N3O. The summed E-state index contributed by atoms with van der Waals surface area (Å²) in [6.45, 7) is 5.42. The average molecular weight is 289 g/mol. The normalized spacial score (nSPS) is 27.3. The second-order valence-corrected chi connectivity index (χ2v) is 6.43. The van der Waals surface area contributed by atoms with Crippen molar-refractivity contribution in [2.24, 2.45) is 5.92 Å². The molecule has 0 aromatic heterocycles. The number of benzene rings is 1. The SMILES string of the molecule is CN1CCCC2CN(CCOc3ccccc3N)CCC21. The Bertz CT molecular complexity index is 465. The van der Waals surface area contributed by atoms with Gasteiger partial charge in [0.15, 0.2) is 0 Å². The van der Waals surface area contributed by atoms with Crippen LogP contribution in [0.3, 0.4) is 0 Å². The number of ether oxygens (including phenoxy) is 1. The Kier molecular flexibility index (Phi) is 4.66. The molecule has 116 valence electrons. The van der Waals surface area contributed by atoms with Crippen molar-refractivity contribution in [1.82, 2.24) is 9.80 Å². The number of hydrogen-bond donors (Lipinski definition) is 1. The molecule has 1 aromatic carbocycles. The van der Waals surface area contributed by atoms with E-state index in [1.54, 1.807) is 0 Å². The predicted octanol–water partition coefficient (Wildman–Crippen LogP) is 2.06. The van der Waals surface area contributed by atoms with Gasteiger partial charge in [0.2, 0.25) is 0 Å². The molecule has 21 heavy (non-hydrogen) atoms. The molecule has 2 aliphatic heterocycles. The number of nitrogen functional groups attached to an aromatic ring is 1. The van der Waals surface area contributed by atoms with Crippen LogP contribution in [0.5, 0.6) is 5.75 Å². The monoisotopic (exact) mass is 289 g/mol. The summed E-state index contributed by atoms with van der Waals surface area (Å²) in [4.78, 5) is 5.12. The van der Waals surface area contributed by atoms with E-state index in [1.165, 1.54) is 38.9 Å². The quantitative estimate of drug-likeness (QED) is 0.862. The molecule has 4 nitrogen and oxygen atoms in total. The van der Waals surface area contributed by atoms with E-state index in [9.17, 15) is 0 Å². The zero-order chi connectivity index (χ0) is 14.7.